The van der Waals surface area contributed by atoms with Gasteiger partial charge in [-0.05, 0) is 63.5 Å². The second-order valence-corrected chi connectivity index (χ2v) is 12.9. The van der Waals surface area contributed by atoms with Gasteiger partial charge in [-0.2, -0.15) is 0 Å². The van der Waals surface area contributed by atoms with Crippen molar-refractivity contribution in [3.05, 3.63) is 58.7 Å². The fourth-order valence-corrected chi connectivity index (χ4v) is 5.68. The van der Waals surface area contributed by atoms with Gasteiger partial charge in [-0.3, -0.25) is 4.79 Å². The van der Waals surface area contributed by atoms with Gasteiger partial charge >= 0.3 is 5.97 Å². The Kier molecular flexibility index (Phi) is 20.6. The van der Waals surface area contributed by atoms with Crippen molar-refractivity contribution in [1.29, 1.82) is 0 Å². The number of ether oxygens (including phenoxy) is 1. The zero-order valence-electron chi connectivity index (χ0n) is 27.4. The molecule has 2 heteroatoms. The normalized spacial score (nSPS) is 16.4. The van der Waals surface area contributed by atoms with Crippen molar-refractivity contribution in [1.82, 2.24) is 0 Å². The molecule has 40 heavy (non-hydrogen) atoms. The minimum Gasteiger partial charge on any atom is -0.461 e. The van der Waals surface area contributed by atoms with Gasteiger partial charge in [0.1, 0.15) is 6.61 Å². The SMILES string of the molecule is CCCCCCCCCCCCCCCCCC(=O)OC/C=C(C)/C=C\C=C(C)\C=C\C1=C(C)CCCC1(C)C. The van der Waals surface area contributed by atoms with Crippen molar-refractivity contribution in [2.45, 2.75) is 164 Å². The third kappa shape index (κ3) is 18.5. The summed E-state index contributed by atoms with van der Waals surface area (Å²) in [7, 11) is 0. The minimum absolute atomic E-state index is 0.0705. The summed E-state index contributed by atoms with van der Waals surface area (Å²) >= 11 is 0. The Hall–Kier alpha value is -1.83. The lowest BCUT2D eigenvalue weighted by Gasteiger charge is -2.32. The molecule has 0 aromatic heterocycles. The van der Waals surface area contributed by atoms with Crippen LogP contribution in [0.4, 0.5) is 0 Å². The molecule has 0 unspecified atom stereocenters. The lowest BCUT2D eigenvalue weighted by molar-refractivity contribution is -0.142. The van der Waals surface area contributed by atoms with Gasteiger partial charge < -0.3 is 4.74 Å². The molecule has 0 bridgehead atoms. The van der Waals surface area contributed by atoms with Crippen molar-refractivity contribution in [2.75, 3.05) is 6.61 Å². The summed E-state index contributed by atoms with van der Waals surface area (Å²) in [5.74, 6) is -0.0705. The fraction of sp³-hybridized carbons (Fsp3) is 0.711. The summed E-state index contributed by atoms with van der Waals surface area (Å²) in [5, 5.41) is 0. The molecule has 0 amide bonds. The molecular formula is C38H64O2. The highest BCUT2D eigenvalue weighted by Crippen LogP contribution is 2.40. The molecule has 0 spiro atoms. The van der Waals surface area contributed by atoms with Crippen molar-refractivity contribution >= 4 is 5.97 Å². The summed E-state index contributed by atoms with van der Waals surface area (Å²) < 4.78 is 5.41. The molecule has 0 fully saturated rings. The molecule has 1 aliphatic carbocycles. The molecular weight excluding hydrogens is 488 g/mol. The average molecular weight is 553 g/mol. The van der Waals surface area contributed by atoms with Gasteiger partial charge in [0.05, 0.1) is 0 Å². The number of hydrogen-bond donors (Lipinski definition) is 0. The molecule has 0 heterocycles. The molecule has 0 atom stereocenters. The number of hydrogen-bond acceptors (Lipinski definition) is 2. The predicted molar refractivity (Wildman–Crippen MR) is 177 cm³/mol. The molecule has 228 valence electrons. The average Bonchev–Trinajstić information content (AvgIpc) is 2.90. The highest BCUT2D eigenvalue weighted by Gasteiger charge is 2.26. The Labute approximate surface area is 249 Å². The van der Waals surface area contributed by atoms with Crippen LogP contribution in [0.1, 0.15) is 164 Å². The summed E-state index contributed by atoms with van der Waals surface area (Å²) in [6.07, 6.45) is 37.2. The van der Waals surface area contributed by atoms with Crippen LogP contribution in [0.5, 0.6) is 0 Å². The number of carbonyl (C=O) groups excluding carboxylic acids is 1. The Morgan fingerprint density at radius 1 is 0.800 bits per heavy atom. The summed E-state index contributed by atoms with van der Waals surface area (Å²) in [6.45, 7) is 13.8. The molecule has 0 aromatic carbocycles. The van der Waals surface area contributed by atoms with Crippen LogP contribution in [0.25, 0.3) is 0 Å². The van der Waals surface area contributed by atoms with Crippen LogP contribution in [0, 0.1) is 5.41 Å². The monoisotopic (exact) mass is 552 g/mol. The van der Waals surface area contributed by atoms with E-state index < -0.39 is 0 Å². The van der Waals surface area contributed by atoms with Crippen LogP contribution in [0.15, 0.2) is 58.7 Å². The third-order valence-electron chi connectivity index (χ3n) is 8.41. The lowest BCUT2D eigenvalue weighted by Crippen LogP contribution is -2.19. The van der Waals surface area contributed by atoms with E-state index in [0.717, 1.165) is 18.4 Å². The summed E-state index contributed by atoms with van der Waals surface area (Å²) in [6, 6.07) is 0. The van der Waals surface area contributed by atoms with Crippen LogP contribution >= 0.6 is 0 Å². The molecule has 0 saturated heterocycles. The van der Waals surface area contributed by atoms with Gasteiger partial charge in [-0.25, -0.2) is 0 Å². The van der Waals surface area contributed by atoms with Gasteiger partial charge in [0.2, 0.25) is 0 Å². The molecule has 0 saturated carbocycles. The van der Waals surface area contributed by atoms with Gasteiger partial charge in [-0.1, -0.05) is 158 Å². The summed E-state index contributed by atoms with van der Waals surface area (Å²) in [4.78, 5) is 12.0. The maximum Gasteiger partial charge on any atom is 0.306 e. The zero-order chi connectivity index (χ0) is 29.5. The molecule has 0 aromatic rings. The lowest BCUT2D eigenvalue weighted by atomic mass is 9.72. The molecule has 0 N–H and O–H groups in total. The maximum absolute atomic E-state index is 12.0. The largest absolute Gasteiger partial charge is 0.461 e. The van der Waals surface area contributed by atoms with Gasteiger partial charge in [0.25, 0.3) is 0 Å². The predicted octanol–water partition coefficient (Wildman–Crippen LogP) is 12.3. The Balaban J connectivity index is 2.08. The Morgan fingerprint density at radius 3 is 1.90 bits per heavy atom. The van der Waals surface area contributed by atoms with Crippen molar-refractivity contribution in [3.8, 4) is 0 Å². The van der Waals surface area contributed by atoms with E-state index in [2.05, 4.69) is 71.9 Å². The number of esters is 1. The first-order valence-corrected chi connectivity index (χ1v) is 16.8. The molecule has 1 rings (SSSR count). The second-order valence-electron chi connectivity index (χ2n) is 12.9. The Bertz CT molecular complexity index is 834. The van der Waals surface area contributed by atoms with Crippen molar-refractivity contribution in [2.24, 2.45) is 5.41 Å². The Morgan fingerprint density at radius 2 is 1.35 bits per heavy atom. The van der Waals surface area contributed by atoms with Gasteiger partial charge in [0.15, 0.2) is 0 Å². The zero-order valence-corrected chi connectivity index (χ0v) is 27.4. The van der Waals surface area contributed by atoms with Crippen LogP contribution in [0.2, 0.25) is 0 Å². The van der Waals surface area contributed by atoms with Crippen LogP contribution < -0.4 is 0 Å². The van der Waals surface area contributed by atoms with E-state index in [9.17, 15) is 4.79 Å². The molecule has 0 radical (unpaired) electrons. The first-order valence-electron chi connectivity index (χ1n) is 16.8. The highest BCUT2D eigenvalue weighted by molar-refractivity contribution is 5.69. The quantitative estimate of drug-likeness (QED) is 0.0758. The van der Waals surface area contributed by atoms with E-state index in [1.165, 1.54) is 119 Å². The number of allylic oxidation sites excluding steroid dienone is 9. The van der Waals surface area contributed by atoms with Crippen LogP contribution in [-0.2, 0) is 9.53 Å². The van der Waals surface area contributed by atoms with Crippen LogP contribution in [-0.4, -0.2) is 12.6 Å². The summed E-state index contributed by atoms with van der Waals surface area (Å²) in [5.41, 5.74) is 5.65. The smallest absolute Gasteiger partial charge is 0.306 e. The van der Waals surface area contributed by atoms with Gasteiger partial charge in [0, 0.05) is 6.42 Å². The molecule has 2 nitrogen and oxygen atoms in total. The first-order chi connectivity index (χ1) is 19.3. The second kappa shape index (κ2) is 22.8. The highest BCUT2D eigenvalue weighted by atomic mass is 16.5. The van der Waals surface area contributed by atoms with E-state index in [-0.39, 0.29) is 11.4 Å². The number of rotatable bonds is 22. The van der Waals surface area contributed by atoms with Crippen molar-refractivity contribution < 1.29 is 9.53 Å². The van der Waals surface area contributed by atoms with Gasteiger partial charge in [-0.15, -0.1) is 0 Å². The minimum atomic E-state index is -0.0705. The van der Waals surface area contributed by atoms with E-state index in [1.54, 1.807) is 0 Å². The van der Waals surface area contributed by atoms with Crippen molar-refractivity contribution in [3.63, 3.8) is 0 Å². The number of unbranched alkanes of at least 4 members (excludes halogenated alkanes) is 14. The van der Waals surface area contributed by atoms with E-state index in [4.69, 9.17) is 4.74 Å². The first kappa shape index (κ1) is 36.2. The number of carbonyl (C=O) groups is 1. The van der Waals surface area contributed by atoms with Crippen LogP contribution in [0.3, 0.4) is 0 Å². The maximum atomic E-state index is 12.0. The topological polar surface area (TPSA) is 26.3 Å². The molecule has 0 aliphatic heterocycles. The standard InChI is InChI=1S/C38H64O2/c1-7-8-9-10-11-12-13-14-15-16-17-18-19-20-21-27-37(39)40-32-30-34(3)25-22-24-33(2)28-29-36-35(4)26-23-31-38(36,5)6/h22,24-25,28-30H,7-21,23,26-27,31-32H2,1-6H3/b25-22-,29-28+,33-24+,34-30+. The van der Waals surface area contributed by atoms with E-state index >= 15 is 0 Å². The van der Waals surface area contributed by atoms with E-state index in [1.807, 2.05) is 6.08 Å². The molecule has 1 aliphatic rings. The van der Waals surface area contributed by atoms with E-state index in [0.29, 0.717) is 13.0 Å². The fourth-order valence-electron chi connectivity index (χ4n) is 5.68. The third-order valence-corrected chi connectivity index (χ3v) is 8.41.